The molecule has 0 N–H and O–H groups in total. The SMILES string of the molecule is CC(c1nc(-c2cccc(C(F)(F)F)c2)no1)N1CCN(C(=O)Cc2nc3ncccn3n2)CC1. The van der Waals surface area contributed by atoms with E-state index in [9.17, 15) is 18.0 Å². The summed E-state index contributed by atoms with van der Waals surface area (Å²) in [4.78, 5) is 29.3. The Hall–Kier alpha value is -3.87. The van der Waals surface area contributed by atoms with Crippen molar-refractivity contribution in [2.24, 2.45) is 0 Å². The molecule has 1 unspecified atom stereocenters. The highest BCUT2D eigenvalue weighted by molar-refractivity contribution is 5.78. The molecule has 1 aliphatic rings. The number of rotatable bonds is 5. The second kappa shape index (κ2) is 9.06. The van der Waals surface area contributed by atoms with Gasteiger partial charge in [0.1, 0.15) is 0 Å². The van der Waals surface area contributed by atoms with Gasteiger partial charge in [0.25, 0.3) is 5.78 Å². The summed E-state index contributed by atoms with van der Waals surface area (Å²) >= 11 is 0. The number of nitrogens with zero attached hydrogens (tertiary/aromatic N) is 8. The molecule has 1 atom stereocenters. The molecule has 0 saturated carbocycles. The van der Waals surface area contributed by atoms with Gasteiger partial charge in [0, 0.05) is 44.1 Å². The first-order valence-corrected chi connectivity index (χ1v) is 11.0. The predicted molar refractivity (Wildman–Crippen MR) is 116 cm³/mol. The molecule has 5 rings (SSSR count). The molecule has 0 aliphatic carbocycles. The van der Waals surface area contributed by atoms with E-state index in [1.807, 2.05) is 6.92 Å². The number of aromatic nitrogens is 6. The third kappa shape index (κ3) is 4.85. The van der Waals surface area contributed by atoms with E-state index in [0.717, 1.165) is 12.1 Å². The monoisotopic (exact) mass is 486 g/mol. The summed E-state index contributed by atoms with van der Waals surface area (Å²) in [5.74, 6) is 1.19. The fourth-order valence-electron chi connectivity index (χ4n) is 3.97. The molecule has 0 spiro atoms. The van der Waals surface area contributed by atoms with Gasteiger partial charge in [0.15, 0.2) is 5.82 Å². The topological polar surface area (TPSA) is 106 Å². The van der Waals surface area contributed by atoms with E-state index in [2.05, 4.69) is 30.1 Å². The molecule has 13 heteroatoms. The minimum atomic E-state index is -4.45. The zero-order chi connectivity index (χ0) is 24.6. The van der Waals surface area contributed by atoms with Crippen LogP contribution in [0.1, 0.15) is 30.2 Å². The quantitative estimate of drug-likeness (QED) is 0.424. The average Bonchev–Trinajstić information content (AvgIpc) is 3.50. The maximum Gasteiger partial charge on any atom is 0.416 e. The highest BCUT2D eigenvalue weighted by Gasteiger charge is 2.31. The number of halogens is 3. The molecule has 182 valence electrons. The van der Waals surface area contributed by atoms with Gasteiger partial charge in [0.2, 0.25) is 17.6 Å². The van der Waals surface area contributed by atoms with Crippen LogP contribution >= 0.6 is 0 Å². The van der Waals surface area contributed by atoms with Crippen molar-refractivity contribution in [2.45, 2.75) is 25.6 Å². The predicted octanol–water partition coefficient (Wildman–Crippen LogP) is 2.64. The van der Waals surface area contributed by atoms with Crippen LogP contribution < -0.4 is 0 Å². The van der Waals surface area contributed by atoms with Crippen molar-refractivity contribution in [2.75, 3.05) is 26.2 Å². The molecule has 1 aromatic carbocycles. The number of alkyl halides is 3. The molecular formula is C22H21F3N8O2. The standard InChI is InChI=1S/C22H21F3N8O2/c1-14(20-28-19(30-35-20)15-4-2-5-16(12-15)22(23,24)25)31-8-10-32(11-9-31)18(34)13-17-27-21-26-6-3-7-33(21)29-17/h2-7,12,14H,8-11,13H2,1H3. The summed E-state index contributed by atoms with van der Waals surface area (Å²) in [5, 5.41) is 8.14. The summed E-state index contributed by atoms with van der Waals surface area (Å²) in [6.45, 7) is 4.05. The van der Waals surface area contributed by atoms with Gasteiger partial charge < -0.3 is 9.42 Å². The van der Waals surface area contributed by atoms with Crippen molar-refractivity contribution in [1.82, 2.24) is 39.5 Å². The highest BCUT2D eigenvalue weighted by atomic mass is 19.4. The molecule has 1 aliphatic heterocycles. The highest BCUT2D eigenvalue weighted by Crippen LogP contribution is 2.32. The van der Waals surface area contributed by atoms with E-state index < -0.39 is 11.7 Å². The van der Waals surface area contributed by atoms with Crippen molar-refractivity contribution in [3.8, 4) is 11.4 Å². The van der Waals surface area contributed by atoms with Crippen LogP contribution in [0.5, 0.6) is 0 Å². The van der Waals surface area contributed by atoms with Crippen molar-refractivity contribution in [3.63, 3.8) is 0 Å². The average molecular weight is 486 g/mol. The van der Waals surface area contributed by atoms with Gasteiger partial charge in [-0.3, -0.25) is 9.69 Å². The second-order valence-electron chi connectivity index (χ2n) is 8.20. The van der Waals surface area contributed by atoms with Crippen LogP contribution in [0.2, 0.25) is 0 Å². The van der Waals surface area contributed by atoms with Gasteiger partial charge in [0.05, 0.1) is 18.0 Å². The zero-order valence-corrected chi connectivity index (χ0v) is 18.7. The maximum atomic E-state index is 13.0. The van der Waals surface area contributed by atoms with Crippen molar-refractivity contribution >= 4 is 11.7 Å². The van der Waals surface area contributed by atoms with E-state index >= 15 is 0 Å². The summed E-state index contributed by atoms with van der Waals surface area (Å²) in [7, 11) is 0. The molecule has 1 amide bonds. The molecule has 10 nitrogen and oxygen atoms in total. The first kappa shape index (κ1) is 22.9. The Bertz CT molecular complexity index is 1310. The van der Waals surface area contributed by atoms with Gasteiger partial charge in [-0.25, -0.2) is 9.50 Å². The lowest BCUT2D eigenvalue weighted by Gasteiger charge is -2.36. The largest absolute Gasteiger partial charge is 0.416 e. The zero-order valence-electron chi connectivity index (χ0n) is 18.7. The van der Waals surface area contributed by atoms with E-state index in [-0.39, 0.29) is 29.8 Å². The number of hydrogen-bond donors (Lipinski definition) is 0. The molecule has 4 heterocycles. The van der Waals surface area contributed by atoms with Crippen molar-refractivity contribution in [1.29, 1.82) is 0 Å². The number of piperazine rings is 1. The Morgan fingerprint density at radius 2 is 1.94 bits per heavy atom. The van der Waals surface area contributed by atoms with Crippen LogP contribution in [-0.2, 0) is 17.4 Å². The normalized spacial score (nSPS) is 16.1. The second-order valence-corrected chi connectivity index (χ2v) is 8.20. The van der Waals surface area contributed by atoms with E-state index in [1.165, 1.54) is 16.6 Å². The van der Waals surface area contributed by atoms with Gasteiger partial charge in [-0.2, -0.15) is 23.1 Å². The number of fused-ring (bicyclic) bond motifs is 1. The van der Waals surface area contributed by atoms with Crippen LogP contribution in [0.15, 0.2) is 47.2 Å². The number of amides is 1. The summed E-state index contributed by atoms with van der Waals surface area (Å²) in [6, 6.07) is 6.29. The van der Waals surface area contributed by atoms with Crippen molar-refractivity contribution < 1.29 is 22.5 Å². The number of carbonyl (C=O) groups excluding carboxylic acids is 1. The molecule has 1 saturated heterocycles. The Labute approximate surface area is 197 Å². The van der Waals surface area contributed by atoms with Crippen LogP contribution in [0, 0.1) is 0 Å². The lowest BCUT2D eigenvalue weighted by molar-refractivity contribution is -0.137. The van der Waals surface area contributed by atoms with Gasteiger partial charge in [-0.15, -0.1) is 5.10 Å². The van der Waals surface area contributed by atoms with E-state index in [4.69, 9.17) is 4.52 Å². The Balaban J connectivity index is 1.19. The lowest BCUT2D eigenvalue weighted by atomic mass is 10.1. The molecule has 1 fully saturated rings. The number of carbonyl (C=O) groups is 1. The molecule has 0 bridgehead atoms. The third-order valence-electron chi connectivity index (χ3n) is 5.93. The van der Waals surface area contributed by atoms with Crippen LogP contribution in [0.3, 0.4) is 0 Å². The molecule has 4 aromatic rings. The van der Waals surface area contributed by atoms with Crippen molar-refractivity contribution in [3.05, 3.63) is 60.0 Å². The first-order chi connectivity index (χ1) is 16.8. The first-order valence-electron chi connectivity index (χ1n) is 11.0. The van der Waals surface area contributed by atoms with Crippen LogP contribution in [0.25, 0.3) is 17.2 Å². The number of benzene rings is 1. The number of hydrogen-bond acceptors (Lipinski definition) is 8. The minimum Gasteiger partial charge on any atom is -0.340 e. The fraction of sp³-hybridized carbons (Fsp3) is 0.364. The Kier molecular flexibility index (Phi) is 5.93. The smallest absolute Gasteiger partial charge is 0.340 e. The molecule has 0 radical (unpaired) electrons. The Morgan fingerprint density at radius 3 is 2.69 bits per heavy atom. The molecule has 3 aromatic heterocycles. The van der Waals surface area contributed by atoms with Gasteiger partial charge in [-0.1, -0.05) is 17.3 Å². The minimum absolute atomic E-state index is 0.0715. The van der Waals surface area contributed by atoms with Crippen LogP contribution in [0.4, 0.5) is 13.2 Å². The van der Waals surface area contributed by atoms with Gasteiger partial charge >= 0.3 is 6.18 Å². The summed E-state index contributed by atoms with van der Waals surface area (Å²) in [5.41, 5.74) is -0.543. The summed E-state index contributed by atoms with van der Waals surface area (Å²) < 4.78 is 45.9. The molecule has 35 heavy (non-hydrogen) atoms. The maximum absolute atomic E-state index is 13.0. The summed E-state index contributed by atoms with van der Waals surface area (Å²) in [6.07, 6.45) is -1.03. The third-order valence-corrected chi connectivity index (χ3v) is 5.93. The van der Waals surface area contributed by atoms with Crippen LogP contribution in [-0.4, -0.2) is 71.6 Å². The van der Waals surface area contributed by atoms with Gasteiger partial charge in [-0.05, 0) is 25.1 Å². The Morgan fingerprint density at radius 1 is 1.14 bits per heavy atom. The lowest BCUT2D eigenvalue weighted by Crippen LogP contribution is -2.49. The molecular weight excluding hydrogens is 465 g/mol. The fourth-order valence-corrected chi connectivity index (χ4v) is 3.97. The van der Waals surface area contributed by atoms with E-state index in [0.29, 0.717) is 43.7 Å². The van der Waals surface area contributed by atoms with E-state index in [1.54, 1.807) is 23.4 Å².